The molecule has 0 saturated carbocycles. The lowest BCUT2D eigenvalue weighted by Crippen LogP contribution is -2.02. The van der Waals surface area contributed by atoms with Gasteiger partial charge >= 0.3 is 0 Å². The van der Waals surface area contributed by atoms with E-state index in [1.54, 1.807) is 0 Å². The lowest BCUT2D eigenvalue weighted by Gasteiger charge is -2.17. The van der Waals surface area contributed by atoms with Gasteiger partial charge < -0.3 is 22.7 Å². The molecule has 14 aromatic rings. The van der Waals surface area contributed by atoms with Crippen molar-refractivity contribution < 1.29 is 4.42 Å². The van der Waals surface area contributed by atoms with E-state index in [2.05, 4.69) is 249 Å². The molecule has 0 aliphatic heterocycles. The second-order valence-corrected chi connectivity index (χ2v) is 17.0. The lowest BCUT2D eigenvalue weighted by atomic mass is 10.1. The van der Waals surface area contributed by atoms with Crippen molar-refractivity contribution in [2.75, 3.05) is 0 Å². The smallest absolute Gasteiger partial charge is 0.135 e. The van der Waals surface area contributed by atoms with Crippen LogP contribution in [0.2, 0.25) is 0 Å². The molecule has 0 radical (unpaired) electrons. The number of benzene rings is 10. The number of nitrogens with zero attached hydrogens (tertiary/aromatic N) is 4. The van der Waals surface area contributed by atoms with E-state index in [4.69, 9.17) is 4.42 Å². The van der Waals surface area contributed by atoms with Crippen molar-refractivity contribution in [1.29, 1.82) is 0 Å². The Hall–Kier alpha value is -8.80. The van der Waals surface area contributed by atoms with Crippen LogP contribution >= 0.6 is 0 Å². The van der Waals surface area contributed by atoms with Crippen molar-refractivity contribution in [1.82, 2.24) is 18.3 Å². The first kappa shape index (κ1) is 35.8. The summed E-state index contributed by atoms with van der Waals surface area (Å²) in [5.41, 5.74) is 14.9. The summed E-state index contributed by atoms with van der Waals surface area (Å²) >= 11 is 0. The predicted molar refractivity (Wildman–Crippen MR) is 271 cm³/mol. The Morgan fingerprint density at radius 1 is 0.262 bits per heavy atom. The van der Waals surface area contributed by atoms with Crippen LogP contribution in [0.5, 0.6) is 0 Å². The molecule has 0 aliphatic carbocycles. The Morgan fingerprint density at radius 3 is 1.14 bits per heavy atom. The molecule has 10 aromatic carbocycles. The number of rotatable bonds is 4. The number of hydrogen-bond acceptors (Lipinski definition) is 1. The third kappa shape index (κ3) is 5.33. The van der Waals surface area contributed by atoms with Gasteiger partial charge in [-0.3, -0.25) is 0 Å². The Kier molecular flexibility index (Phi) is 7.62. The molecule has 4 aromatic heterocycles. The number of furan rings is 1. The largest absolute Gasteiger partial charge is 0.456 e. The summed E-state index contributed by atoms with van der Waals surface area (Å²) in [5.74, 6) is 0. The van der Waals surface area contributed by atoms with E-state index >= 15 is 0 Å². The number of fused-ring (bicyclic) bond motifs is 13. The second-order valence-electron chi connectivity index (χ2n) is 17.0. The van der Waals surface area contributed by atoms with Crippen LogP contribution < -0.4 is 0 Å². The fourth-order valence-corrected chi connectivity index (χ4v) is 10.6. The first-order valence-corrected chi connectivity index (χ1v) is 22.2. The van der Waals surface area contributed by atoms with Gasteiger partial charge in [0.2, 0.25) is 0 Å². The van der Waals surface area contributed by atoms with Crippen LogP contribution in [0.25, 0.3) is 121 Å². The minimum atomic E-state index is 0.846. The average Bonchev–Trinajstić information content (AvgIpc) is 4.03. The number of aromatic nitrogens is 4. The van der Waals surface area contributed by atoms with Gasteiger partial charge in [-0.1, -0.05) is 121 Å². The summed E-state index contributed by atoms with van der Waals surface area (Å²) in [6.07, 6.45) is 0. The maximum atomic E-state index is 6.68. The van der Waals surface area contributed by atoms with Crippen LogP contribution in [0.3, 0.4) is 0 Å². The van der Waals surface area contributed by atoms with Crippen molar-refractivity contribution in [2.45, 2.75) is 0 Å². The SMILES string of the molecule is c1ccc(-n2c3ccccc3c3cccc(-n4c5cccc(c5)c5cccc(c5)n(-c5cccc6c7ccccc7n(-c7ccccc7)c56)c5ccc6oc7ccc4cc7c6c5)c32)cc1. The van der Waals surface area contributed by atoms with Gasteiger partial charge in [0.15, 0.2) is 0 Å². The van der Waals surface area contributed by atoms with Crippen molar-refractivity contribution >= 4 is 98.4 Å². The molecule has 5 heteroatoms. The van der Waals surface area contributed by atoms with Crippen molar-refractivity contribution in [3.63, 3.8) is 0 Å². The highest BCUT2D eigenvalue weighted by molar-refractivity contribution is 6.14. The van der Waals surface area contributed by atoms with E-state index in [1.165, 1.54) is 32.6 Å². The maximum Gasteiger partial charge on any atom is 0.135 e. The highest BCUT2D eigenvalue weighted by atomic mass is 16.3. The Labute approximate surface area is 372 Å². The lowest BCUT2D eigenvalue weighted by molar-refractivity contribution is 0.669. The van der Waals surface area contributed by atoms with Gasteiger partial charge in [-0.25, -0.2) is 0 Å². The molecule has 8 bridgehead atoms. The third-order valence-corrected chi connectivity index (χ3v) is 13.4. The zero-order valence-corrected chi connectivity index (χ0v) is 35.1. The molecule has 0 spiro atoms. The van der Waals surface area contributed by atoms with Crippen molar-refractivity contribution in [3.05, 3.63) is 231 Å². The molecule has 4 heterocycles. The normalized spacial score (nSPS) is 12.0. The summed E-state index contributed by atoms with van der Waals surface area (Å²) in [7, 11) is 0. The Bertz CT molecular complexity index is 4020. The predicted octanol–water partition coefficient (Wildman–Crippen LogP) is 15.9. The first-order chi connectivity index (χ1) is 32.2. The molecule has 0 saturated heterocycles. The summed E-state index contributed by atoms with van der Waals surface area (Å²) < 4.78 is 16.4. The minimum Gasteiger partial charge on any atom is -0.456 e. The van der Waals surface area contributed by atoms with E-state index < -0.39 is 0 Å². The molecule has 304 valence electrons. The van der Waals surface area contributed by atoms with Gasteiger partial charge in [0.05, 0.1) is 33.4 Å². The summed E-state index contributed by atoms with van der Waals surface area (Å²) in [4.78, 5) is 0. The maximum absolute atomic E-state index is 6.68. The monoisotopic (exact) mass is 830 g/mol. The highest BCUT2D eigenvalue weighted by Crippen LogP contribution is 2.40. The zero-order chi connectivity index (χ0) is 42.6. The van der Waals surface area contributed by atoms with Crippen LogP contribution in [-0.4, -0.2) is 18.3 Å². The topological polar surface area (TPSA) is 32.9 Å². The molecular weight excluding hydrogens is 793 g/mol. The van der Waals surface area contributed by atoms with Crippen molar-refractivity contribution in [3.8, 4) is 22.7 Å². The van der Waals surface area contributed by atoms with E-state index in [0.29, 0.717) is 0 Å². The zero-order valence-electron chi connectivity index (χ0n) is 35.1. The summed E-state index contributed by atoms with van der Waals surface area (Å²) in [5, 5.41) is 9.19. The van der Waals surface area contributed by atoms with Gasteiger partial charge in [-0.05, 0) is 120 Å². The van der Waals surface area contributed by atoms with Gasteiger partial charge in [0.1, 0.15) is 11.2 Å². The summed E-state index contributed by atoms with van der Waals surface area (Å²) in [6, 6.07) is 83.7. The van der Waals surface area contributed by atoms with Gasteiger partial charge in [0.25, 0.3) is 0 Å². The molecule has 5 nitrogen and oxygen atoms in total. The van der Waals surface area contributed by atoms with Crippen LogP contribution in [0, 0.1) is 0 Å². The van der Waals surface area contributed by atoms with Crippen molar-refractivity contribution in [2.24, 2.45) is 0 Å². The fourth-order valence-electron chi connectivity index (χ4n) is 10.6. The standard InChI is InChI=1S/C60H38N4O/c1-3-17-41(18-4-1)63-53-27-9-7-23-47(53)49-25-13-29-55(59(49)63)61-43-21-11-15-39(35-43)40-16-12-22-44(36-40)62(46-32-34-58-52(38-46)51-37-45(61)31-33-57(51)65-58)56-30-14-26-50-48-24-8-10-28-54(48)64(60(50)56)42-19-5-2-6-20-42/h1-38H. The molecular formula is C60H38N4O. The quantitative estimate of drug-likeness (QED) is 0.174. The Balaban J connectivity index is 1.15. The molecule has 0 unspecified atom stereocenters. The second kappa shape index (κ2) is 13.9. The number of para-hydroxylation sites is 6. The van der Waals surface area contributed by atoms with Crippen LogP contribution in [-0.2, 0) is 0 Å². The van der Waals surface area contributed by atoms with E-state index in [0.717, 1.165) is 88.6 Å². The van der Waals surface area contributed by atoms with E-state index in [9.17, 15) is 0 Å². The average molecular weight is 831 g/mol. The fraction of sp³-hybridized carbons (Fsp3) is 0. The highest BCUT2D eigenvalue weighted by Gasteiger charge is 2.20. The van der Waals surface area contributed by atoms with E-state index in [-0.39, 0.29) is 0 Å². The van der Waals surface area contributed by atoms with E-state index in [1.807, 2.05) is 0 Å². The molecule has 0 amide bonds. The molecule has 65 heavy (non-hydrogen) atoms. The first-order valence-electron chi connectivity index (χ1n) is 22.2. The van der Waals surface area contributed by atoms with Crippen LogP contribution in [0.1, 0.15) is 0 Å². The van der Waals surface area contributed by atoms with Crippen LogP contribution in [0.4, 0.5) is 0 Å². The minimum absolute atomic E-state index is 0.846. The Morgan fingerprint density at radius 2 is 0.662 bits per heavy atom. The molecule has 0 atom stereocenters. The van der Waals surface area contributed by atoms with Gasteiger partial charge in [-0.2, -0.15) is 0 Å². The van der Waals surface area contributed by atoms with Gasteiger partial charge in [0, 0.05) is 65.8 Å². The molecule has 0 fully saturated rings. The summed E-state index contributed by atoms with van der Waals surface area (Å²) in [6.45, 7) is 0. The molecule has 0 aliphatic rings. The van der Waals surface area contributed by atoms with Crippen LogP contribution in [0.15, 0.2) is 235 Å². The van der Waals surface area contributed by atoms with Gasteiger partial charge in [-0.15, -0.1) is 0 Å². The molecule has 14 rings (SSSR count). The molecule has 0 N–H and O–H groups in total. The third-order valence-electron chi connectivity index (χ3n) is 13.4. The number of hydrogen-bond donors (Lipinski definition) is 0.